The van der Waals surface area contributed by atoms with Crippen molar-refractivity contribution in [2.45, 2.75) is 31.8 Å². The highest BCUT2D eigenvalue weighted by molar-refractivity contribution is 6.35. The molecular weight excluding hydrogens is 298 g/mol. The molecule has 0 atom stereocenters. The van der Waals surface area contributed by atoms with Gasteiger partial charge in [0.2, 0.25) is 5.95 Å². The molecule has 4 rings (SSSR count). The number of para-hydroxylation sites is 1. The summed E-state index contributed by atoms with van der Waals surface area (Å²) in [7, 11) is 1.97. The zero-order valence-electron chi connectivity index (χ0n) is 12.5. The molecule has 6 heteroatoms. The third kappa shape index (κ3) is 2.25. The van der Waals surface area contributed by atoms with Crippen LogP contribution in [-0.4, -0.2) is 19.3 Å². The number of halogens is 1. The minimum absolute atomic E-state index is 0.600. The predicted molar refractivity (Wildman–Crippen MR) is 88.2 cm³/mol. The molecular formula is C16H18ClN5. The first-order valence-electron chi connectivity index (χ1n) is 7.60. The molecule has 2 heterocycles. The van der Waals surface area contributed by atoms with Crippen LogP contribution in [0.1, 0.15) is 30.9 Å². The molecule has 0 aliphatic heterocycles. The lowest BCUT2D eigenvalue weighted by Gasteiger charge is -2.25. The second-order valence-corrected chi connectivity index (χ2v) is 6.28. The monoisotopic (exact) mass is 315 g/mol. The Bertz CT molecular complexity index is 815. The number of anilines is 1. The number of aromatic nitrogens is 4. The van der Waals surface area contributed by atoms with E-state index in [4.69, 9.17) is 11.6 Å². The van der Waals surface area contributed by atoms with Crippen LogP contribution in [0.25, 0.3) is 11.0 Å². The molecule has 1 aromatic carbocycles. The van der Waals surface area contributed by atoms with Crippen LogP contribution in [0.5, 0.6) is 0 Å². The van der Waals surface area contributed by atoms with Crippen molar-refractivity contribution in [2.24, 2.45) is 7.05 Å². The normalized spacial score (nSPS) is 15.2. The molecule has 0 saturated heterocycles. The van der Waals surface area contributed by atoms with Gasteiger partial charge in [-0.05, 0) is 31.4 Å². The van der Waals surface area contributed by atoms with Gasteiger partial charge in [-0.1, -0.05) is 17.7 Å². The lowest BCUT2D eigenvalue weighted by atomic mass is 9.93. The Labute approximate surface area is 133 Å². The Hall–Kier alpha value is -2.01. The van der Waals surface area contributed by atoms with Gasteiger partial charge in [-0.15, -0.1) is 0 Å². The van der Waals surface area contributed by atoms with Gasteiger partial charge in [0.05, 0.1) is 28.3 Å². The third-order valence-electron chi connectivity index (χ3n) is 4.40. The third-order valence-corrected chi connectivity index (χ3v) is 4.70. The zero-order valence-corrected chi connectivity index (χ0v) is 13.2. The lowest BCUT2D eigenvalue weighted by Crippen LogP contribution is -2.17. The fourth-order valence-electron chi connectivity index (χ4n) is 2.88. The van der Waals surface area contributed by atoms with Gasteiger partial charge in [0.25, 0.3) is 0 Å². The first-order chi connectivity index (χ1) is 10.7. The number of benzene rings is 1. The molecule has 22 heavy (non-hydrogen) atoms. The highest BCUT2D eigenvalue weighted by Crippen LogP contribution is 2.31. The van der Waals surface area contributed by atoms with Gasteiger partial charge in [0, 0.05) is 25.4 Å². The van der Waals surface area contributed by atoms with E-state index in [1.165, 1.54) is 24.8 Å². The molecule has 3 aromatic rings. The van der Waals surface area contributed by atoms with Crippen molar-refractivity contribution >= 4 is 28.6 Å². The van der Waals surface area contributed by atoms with Gasteiger partial charge in [-0.3, -0.25) is 4.68 Å². The maximum Gasteiger partial charge on any atom is 0.203 e. The van der Waals surface area contributed by atoms with Crippen LogP contribution in [0.15, 0.2) is 30.6 Å². The topological polar surface area (TPSA) is 47.7 Å². The summed E-state index contributed by atoms with van der Waals surface area (Å²) in [4.78, 5) is 4.60. The summed E-state index contributed by atoms with van der Waals surface area (Å²) in [6.07, 6.45) is 7.88. The van der Waals surface area contributed by atoms with Gasteiger partial charge < -0.3 is 9.88 Å². The summed E-state index contributed by atoms with van der Waals surface area (Å²) in [5, 5.41) is 8.55. The Kier molecular flexibility index (Phi) is 3.30. The summed E-state index contributed by atoms with van der Waals surface area (Å²) >= 11 is 6.25. The molecule has 1 fully saturated rings. The molecule has 1 aliphatic rings. The Morgan fingerprint density at radius 3 is 2.95 bits per heavy atom. The van der Waals surface area contributed by atoms with Crippen molar-refractivity contribution in [1.82, 2.24) is 19.3 Å². The van der Waals surface area contributed by atoms with Crippen molar-refractivity contribution in [3.8, 4) is 0 Å². The van der Waals surface area contributed by atoms with Crippen LogP contribution in [0.2, 0.25) is 5.02 Å². The highest BCUT2D eigenvalue weighted by atomic mass is 35.5. The van der Waals surface area contributed by atoms with E-state index in [1.807, 2.05) is 36.0 Å². The van der Waals surface area contributed by atoms with Crippen molar-refractivity contribution in [3.63, 3.8) is 0 Å². The van der Waals surface area contributed by atoms with E-state index in [9.17, 15) is 0 Å². The van der Waals surface area contributed by atoms with Gasteiger partial charge in [-0.25, -0.2) is 4.98 Å². The molecule has 1 aliphatic carbocycles. The number of fused-ring (bicyclic) bond motifs is 1. The van der Waals surface area contributed by atoms with Crippen LogP contribution in [0.4, 0.5) is 5.95 Å². The molecule has 1 N–H and O–H groups in total. The first kappa shape index (κ1) is 13.6. The average molecular weight is 316 g/mol. The number of rotatable bonds is 4. The average Bonchev–Trinajstić information content (AvgIpc) is 3.01. The maximum atomic E-state index is 6.25. The zero-order chi connectivity index (χ0) is 15.1. The summed E-state index contributed by atoms with van der Waals surface area (Å²) in [5.41, 5.74) is 3.03. The molecule has 0 spiro atoms. The van der Waals surface area contributed by atoms with Crippen molar-refractivity contribution in [2.75, 3.05) is 5.32 Å². The van der Waals surface area contributed by atoms with Crippen LogP contribution < -0.4 is 5.32 Å². The van der Waals surface area contributed by atoms with Crippen molar-refractivity contribution in [3.05, 3.63) is 41.2 Å². The van der Waals surface area contributed by atoms with Crippen molar-refractivity contribution in [1.29, 1.82) is 0 Å². The van der Waals surface area contributed by atoms with Crippen molar-refractivity contribution < 1.29 is 0 Å². The Morgan fingerprint density at radius 2 is 2.23 bits per heavy atom. The van der Waals surface area contributed by atoms with Crippen LogP contribution in [0, 0.1) is 0 Å². The largest absolute Gasteiger partial charge is 0.351 e. The predicted octanol–water partition coefficient (Wildman–Crippen LogP) is 3.76. The quantitative estimate of drug-likeness (QED) is 0.797. The number of hydrogen-bond acceptors (Lipinski definition) is 3. The fourth-order valence-corrected chi connectivity index (χ4v) is 3.18. The van der Waals surface area contributed by atoms with E-state index >= 15 is 0 Å². The molecule has 0 radical (unpaired) electrons. The molecule has 0 bridgehead atoms. The SMILES string of the molecule is Cn1c(NCc2cnn(C3CCC3)c2)nc2cccc(Cl)c21. The number of hydrogen-bond donors (Lipinski definition) is 1. The molecule has 5 nitrogen and oxygen atoms in total. The van der Waals surface area contributed by atoms with Gasteiger partial charge >= 0.3 is 0 Å². The number of imidazole rings is 1. The molecule has 2 aromatic heterocycles. The second kappa shape index (κ2) is 5.32. The van der Waals surface area contributed by atoms with Gasteiger partial charge in [0.1, 0.15) is 0 Å². The minimum atomic E-state index is 0.600. The molecule has 1 saturated carbocycles. The van der Waals surface area contributed by atoms with Gasteiger partial charge in [0.15, 0.2) is 0 Å². The Balaban J connectivity index is 1.52. The second-order valence-electron chi connectivity index (χ2n) is 5.87. The standard InChI is InChI=1S/C16H18ClN5/c1-21-15-13(17)6-3-7-14(15)20-16(21)18-8-11-9-19-22(10-11)12-4-2-5-12/h3,6-7,9-10,12H,2,4-5,8H2,1H3,(H,18,20). The number of nitrogens with zero attached hydrogens (tertiary/aromatic N) is 4. The van der Waals surface area contributed by atoms with E-state index in [0.29, 0.717) is 12.6 Å². The maximum absolute atomic E-state index is 6.25. The number of aryl methyl sites for hydroxylation is 1. The van der Waals surface area contributed by atoms with Crippen LogP contribution >= 0.6 is 11.6 Å². The summed E-state index contributed by atoms with van der Waals surface area (Å²) in [6, 6.07) is 6.38. The molecule has 0 amide bonds. The minimum Gasteiger partial charge on any atom is -0.351 e. The molecule has 0 unspecified atom stereocenters. The van der Waals surface area contributed by atoms with Crippen LogP contribution in [0.3, 0.4) is 0 Å². The smallest absolute Gasteiger partial charge is 0.203 e. The van der Waals surface area contributed by atoms with Gasteiger partial charge in [-0.2, -0.15) is 5.10 Å². The van der Waals surface area contributed by atoms with E-state index in [2.05, 4.69) is 26.3 Å². The summed E-state index contributed by atoms with van der Waals surface area (Å²) in [6.45, 7) is 0.710. The fraction of sp³-hybridized carbons (Fsp3) is 0.375. The number of nitrogens with one attached hydrogen (secondary N) is 1. The first-order valence-corrected chi connectivity index (χ1v) is 7.98. The van der Waals surface area contributed by atoms with E-state index in [-0.39, 0.29) is 0 Å². The van der Waals surface area contributed by atoms with E-state index in [1.54, 1.807) is 0 Å². The van der Waals surface area contributed by atoms with Crippen LogP contribution in [-0.2, 0) is 13.6 Å². The summed E-state index contributed by atoms with van der Waals surface area (Å²) in [5.74, 6) is 0.819. The summed E-state index contributed by atoms with van der Waals surface area (Å²) < 4.78 is 4.08. The highest BCUT2D eigenvalue weighted by Gasteiger charge is 2.20. The molecule has 114 valence electrons. The Morgan fingerprint density at radius 1 is 1.36 bits per heavy atom. The van der Waals surface area contributed by atoms with E-state index in [0.717, 1.165) is 22.0 Å². The van der Waals surface area contributed by atoms with E-state index < -0.39 is 0 Å². The lowest BCUT2D eigenvalue weighted by molar-refractivity contribution is 0.289.